The molecule has 0 atom stereocenters. The summed E-state index contributed by atoms with van der Waals surface area (Å²) in [5, 5.41) is 4.41. The van der Waals surface area contributed by atoms with Crippen LogP contribution in [0.1, 0.15) is 10.4 Å². The van der Waals surface area contributed by atoms with Crippen molar-refractivity contribution in [1.82, 2.24) is 0 Å². The number of ether oxygens (including phenoxy) is 3. The fraction of sp³-hybridized carbons (Fsp3) is 0.143. The van der Waals surface area contributed by atoms with Crippen molar-refractivity contribution >= 4 is 34.0 Å². The van der Waals surface area contributed by atoms with Crippen molar-refractivity contribution in [2.24, 2.45) is 0 Å². The SMILES string of the molecule is COc1ccc(OC)c(NC(=O)COC(=O)c2cc3ccccc3cc2N)c1. The molecule has 3 rings (SSSR count). The van der Waals surface area contributed by atoms with Crippen LogP contribution in [0, 0.1) is 0 Å². The van der Waals surface area contributed by atoms with E-state index in [-0.39, 0.29) is 5.56 Å². The lowest BCUT2D eigenvalue weighted by molar-refractivity contribution is -0.119. The third-order valence-electron chi connectivity index (χ3n) is 4.15. The summed E-state index contributed by atoms with van der Waals surface area (Å²) in [6.07, 6.45) is 0. The van der Waals surface area contributed by atoms with E-state index < -0.39 is 18.5 Å². The van der Waals surface area contributed by atoms with Gasteiger partial charge in [-0.15, -0.1) is 0 Å². The number of methoxy groups -OCH3 is 2. The number of carbonyl (C=O) groups excluding carboxylic acids is 2. The molecule has 7 heteroatoms. The zero-order chi connectivity index (χ0) is 20.1. The molecule has 0 spiro atoms. The Hall–Kier alpha value is -3.74. The number of hydrogen-bond acceptors (Lipinski definition) is 6. The Kier molecular flexibility index (Phi) is 5.64. The normalized spacial score (nSPS) is 10.4. The van der Waals surface area contributed by atoms with Crippen LogP contribution >= 0.6 is 0 Å². The van der Waals surface area contributed by atoms with Crippen LogP contribution in [-0.2, 0) is 9.53 Å². The highest BCUT2D eigenvalue weighted by Gasteiger charge is 2.15. The Bertz CT molecular complexity index is 1030. The van der Waals surface area contributed by atoms with Gasteiger partial charge >= 0.3 is 5.97 Å². The van der Waals surface area contributed by atoms with Crippen molar-refractivity contribution in [3.8, 4) is 11.5 Å². The van der Waals surface area contributed by atoms with E-state index in [1.807, 2.05) is 24.3 Å². The number of hydrogen-bond donors (Lipinski definition) is 2. The van der Waals surface area contributed by atoms with Crippen LogP contribution in [-0.4, -0.2) is 32.7 Å². The Labute approximate surface area is 162 Å². The lowest BCUT2D eigenvalue weighted by Gasteiger charge is -2.12. The van der Waals surface area contributed by atoms with Gasteiger partial charge in [-0.3, -0.25) is 4.79 Å². The molecule has 0 unspecified atom stereocenters. The van der Waals surface area contributed by atoms with Crippen molar-refractivity contribution in [1.29, 1.82) is 0 Å². The molecule has 1 amide bonds. The maximum Gasteiger partial charge on any atom is 0.340 e. The fourth-order valence-corrected chi connectivity index (χ4v) is 2.74. The first-order valence-corrected chi connectivity index (χ1v) is 8.49. The first-order valence-electron chi connectivity index (χ1n) is 8.49. The summed E-state index contributed by atoms with van der Waals surface area (Å²) in [5.41, 5.74) is 6.87. The minimum absolute atomic E-state index is 0.213. The third kappa shape index (κ3) is 4.15. The molecule has 0 fully saturated rings. The zero-order valence-corrected chi connectivity index (χ0v) is 15.5. The highest BCUT2D eigenvalue weighted by atomic mass is 16.5. The second-order valence-corrected chi connectivity index (χ2v) is 5.98. The van der Waals surface area contributed by atoms with Crippen molar-refractivity contribution in [2.45, 2.75) is 0 Å². The monoisotopic (exact) mass is 380 g/mol. The number of nitrogens with two attached hydrogens (primary N) is 1. The second kappa shape index (κ2) is 8.30. The first-order chi connectivity index (χ1) is 13.5. The van der Waals surface area contributed by atoms with E-state index >= 15 is 0 Å². The van der Waals surface area contributed by atoms with Crippen LogP contribution in [0.3, 0.4) is 0 Å². The van der Waals surface area contributed by atoms with E-state index in [0.29, 0.717) is 22.9 Å². The van der Waals surface area contributed by atoms with Crippen molar-refractivity contribution in [3.05, 3.63) is 60.2 Å². The molecule has 7 nitrogen and oxygen atoms in total. The maximum absolute atomic E-state index is 12.4. The Balaban J connectivity index is 1.68. The molecule has 0 radical (unpaired) electrons. The van der Waals surface area contributed by atoms with Crippen molar-refractivity contribution in [2.75, 3.05) is 31.9 Å². The van der Waals surface area contributed by atoms with Crippen LogP contribution in [0.2, 0.25) is 0 Å². The van der Waals surface area contributed by atoms with E-state index in [2.05, 4.69) is 5.32 Å². The molecule has 144 valence electrons. The number of anilines is 2. The summed E-state index contributed by atoms with van der Waals surface area (Å²) in [7, 11) is 3.00. The van der Waals surface area contributed by atoms with E-state index in [0.717, 1.165) is 10.8 Å². The molecule has 0 saturated heterocycles. The van der Waals surface area contributed by atoms with Gasteiger partial charge in [-0.25, -0.2) is 4.79 Å². The number of benzene rings is 3. The molecule has 0 aliphatic heterocycles. The predicted molar refractivity (Wildman–Crippen MR) is 107 cm³/mol. The topological polar surface area (TPSA) is 99.9 Å². The molecule has 0 saturated carbocycles. The summed E-state index contributed by atoms with van der Waals surface area (Å²) in [6, 6.07) is 15.8. The first kappa shape index (κ1) is 19.0. The molecule has 3 aromatic rings. The Morgan fingerprint density at radius 1 is 0.964 bits per heavy atom. The molecule has 3 N–H and O–H groups in total. The zero-order valence-electron chi connectivity index (χ0n) is 15.5. The van der Waals surface area contributed by atoms with E-state index in [4.69, 9.17) is 19.9 Å². The largest absolute Gasteiger partial charge is 0.497 e. The van der Waals surface area contributed by atoms with E-state index in [1.54, 1.807) is 30.3 Å². The van der Waals surface area contributed by atoms with Gasteiger partial charge in [0, 0.05) is 11.8 Å². The highest BCUT2D eigenvalue weighted by Crippen LogP contribution is 2.29. The lowest BCUT2D eigenvalue weighted by Crippen LogP contribution is -2.21. The predicted octanol–water partition coefficient (Wildman–Crippen LogP) is 3.23. The van der Waals surface area contributed by atoms with Crippen LogP contribution in [0.15, 0.2) is 54.6 Å². The average molecular weight is 380 g/mol. The smallest absolute Gasteiger partial charge is 0.340 e. The molecule has 0 aliphatic rings. The van der Waals surface area contributed by atoms with Gasteiger partial charge in [-0.1, -0.05) is 24.3 Å². The summed E-state index contributed by atoms with van der Waals surface area (Å²) < 4.78 is 15.5. The summed E-state index contributed by atoms with van der Waals surface area (Å²) in [6.45, 7) is -0.467. The van der Waals surface area contributed by atoms with Gasteiger partial charge in [-0.2, -0.15) is 0 Å². The van der Waals surface area contributed by atoms with Crippen LogP contribution in [0.4, 0.5) is 11.4 Å². The Morgan fingerprint density at radius 2 is 1.68 bits per heavy atom. The molecular formula is C21H20N2O5. The van der Waals surface area contributed by atoms with Crippen molar-refractivity contribution in [3.63, 3.8) is 0 Å². The summed E-state index contributed by atoms with van der Waals surface area (Å²) in [4.78, 5) is 24.6. The molecule has 0 bridgehead atoms. The Morgan fingerprint density at radius 3 is 2.36 bits per heavy atom. The quantitative estimate of drug-likeness (QED) is 0.503. The lowest BCUT2D eigenvalue weighted by atomic mass is 10.1. The molecule has 0 heterocycles. The number of carbonyl (C=O) groups is 2. The molecule has 0 aromatic heterocycles. The third-order valence-corrected chi connectivity index (χ3v) is 4.15. The standard InChI is InChI=1S/C21H20N2O5/c1-26-15-7-8-19(27-2)18(11-15)23-20(24)12-28-21(25)16-9-13-5-3-4-6-14(13)10-17(16)22/h3-11H,12,22H2,1-2H3,(H,23,24). The summed E-state index contributed by atoms with van der Waals surface area (Å²) >= 11 is 0. The van der Waals surface area contributed by atoms with Gasteiger partial charge in [0.2, 0.25) is 0 Å². The second-order valence-electron chi connectivity index (χ2n) is 5.98. The van der Waals surface area contributed by atoms with E-state index in [9.17, 15) is 9.59 Å². The maximum atomic E-state index is 12.4. The number of esters is 1. The average Bonchev–Trinajstić information content (AvgIpc) is 2.71. The van der Waals surface area contributed by atoms with Crippen LogP contribution < -0.4 is 20.5 Å². The number of nitrogens with one attached hydrogen (secondary N) is 1. The van der Waals surface area contributed by atoms with Gasteiger partial charge < -0.3 is 25.3 Å². The van der Waals surface area contributed by atoms with Gasteiger partial charge in [0.1, 0.15) is 11.5 Å². The number of amides is 1. The fourth-order valence-electron chi connectivity index (χ4n) is 2.74. The summed E-state index contributed by atoms with van der Waals surface area (Å²) in [5.74, 6) is -0.174. The van der Waals surface area contributed by atoms with Gasteiger partial charge in [0.15, 0.2) is 6.61 Å². The number of fused-ring (bicyclic) bond motifs is 1. The van der Waals surface area contributed by atoms with Crippen LogP contribution in [0.5, 0.6) is 11.5 Å². The molecule has 3 aromatic carbocycles. The molecular weight excluding hydrogens is 360 g/mol. The van der Waals surface area contributed by atoms with Crippen LogP contribution in [0.25, 0.3) is 10.8 Å². The van der Waals surface area contributed by atoms with Gasteiger partial charge in [-0.05, 0) is 35.0 Å². The van der Waals surface area contributed by atoms with Gasteiger partial charge in [0.25, 0.3) is 5.91 Å². The minimum Gasteiger partial charge on any atom is -0.497 e. The van der Waals surface area contributed by atoms with E-state index in [1.165, 1.54) is 14.2 Å². The minimum atomic E-state index is -0.670. The number of nitrogen functional groups attached to an aromatic ring is 1. The highest BCUT2D eigenvalue weighted by molar-refractivity contribution is 6.02. The number of rotatable bonds is 6. The van der Waals surface area contributed by atoms with Gasteiger partial charge in [0.05, 0.1) is 25.5 Å². The molecule has 0 aliphatic carbocycles. The van der Waals surface area contributed by atoms with Crippen molar-refractivity contribution < 1.29 is 23.8 Å². The molecule has 28 heavy (non-hydrogen) atoms.